The van der Waals surface area contributed by atoms with Crippen LogP contribution in [0.1, 0.15) is 17.0 Å². The van der Waals surface area contributed by atoms with E-state index in [-0.39, 0.29) is 5.69 Å². The number of anilines is 1. The quantitative estimate of drug-likeness (QED) is 0.436. The molecule has 0 atom stereocenters. The first-order valence-corrected chi connectivity index (χ1v) is 7.71. The zero-order valence-electron chi connectivity index (χ0n) is 13.9. The Morgan fingerprint density at radius 2 is 1.92 bits per heavy atom. The van der Waals surface area contributed by atoms with Gasteiger partial charge in [0.2, 0.25) is 0 Å². The van der Waals surface area contributed by atoms with Gasteiger partial charge < -0.3 is 0 Å². The Hall–Kier alpha value is -3.48. The summed E-state index contributed by atoms with van der Waals surface area (Å²) >= 11 is 0. The zero-order chi connectivity index (χ0) is 17.8. The minimum atomic E-state index is -0.437. The lowest BCUT2D eigenvalue weighted by atomic mass is 10.2. The molecule has 126 valence electrons. The van der Waals surface area contributed by atoms with Gasteiger partial charge in [-0.25, -0.2) is 4.68 Å². The lowest BCUT2D eigenvalue weighted by Crippen LogP contribution is -1.99. The van der Waals surface area contributed by atoms with E-state index in [2.05, 4.69) is 15.6 Å². The lowest BCUT2D eigenvalue weighted by molar-refractivity contribution is -0.384. The predicted molar refractivity (Wildman–Crippen MR) is 97.4 cm³/mol. The number of nitro benzene ring substituents is 1. The van der Waals surface area contributed by atoms with Gasteiger partial charge in [0, 0.05) is 17.7 Å². The van der Waals surface area contributed by atoms with Crippen molar-refractivity contribution >= 4 is 17.6 Å². The van der Waals surface area contributed by atoms with Crippen molar-refractivity contribution in [2.75, 3.05) is 5.43 Å². The molecule has 0 aliphatic carbocycles. The van der Waals surface area contributed by atoms with E-state index in [1.54, 1.807) is 18.3 Å². The highest BCUT2D eigenvalue weighted by atomic mass is 16.6. The first kappa shape index (κ1) is 16.4. The smallest absolute Gasteiger partial charge is 0.271 e. The third-order valence-corrected chi connectivity index (χ3v) is 3.79. The van der Waals surface area contributed by atoms with E-state index in [1.807, 2.05) is 48.9 Å². The summed E-state index contributed by atoms with van der Waals surface area (Å²) in [6.07, 6.45) is 1.68. The summed E-state index contributed by atoms with van der Waals surface area (Å²) in [6.45, 7) is 3.89. The molecule has 25 heavy (non-hydrogen) atoms. The van der Waals surface area contributed by atoms with Crippen LogP contribution in [-0.2, 0) is 0 Å². The molecular formula is C18H17N5O2. The molecule has 0 fully saturated rings. The number of non-ortho nitro benzene ring substituents is 1. The molecular weight excluding hydrogens is 318 g/mol. The van der Waals surface area contributed by atoms with Crippen LogP contribution in [0, 0.1) is 24.0 Å². The number of nitrogens with zero attached hydrogens (tertiary/aromatic N) is 4. The molecule has 0 amide bonds. The number of aromatic nitrogens is 2. The Morgan fingerprint density at radius 1 is 1.16 bits per heavy atom. The fourth-order valence-electron chi connectivity index (χ4n) is 2.52. The SMILES string of the molecule is Cc1nn(-c2ccccc2)c(C)c1/C=N\Nc1cccc([N+](=O)[O-])c1. The van der Waals surface area contributed by atoms with Crippen molar-refractivity contribution < 1.29 is 4.92 Å². The van der Waals surface area contributed by atoms with Crippen LogP contribution in [0.5, 0.6) is 0 Å². The van der Waals surface area contributed by atoms with Crippen LogP contribution in [-0.4, -0.2) is 20.9 Å². The largest absolute Gasteiger partial charge is 0.278 e. The molecule has 1 N–H and O–H groups in total. The van der Waals surface area contributed by atoms with E-state index in [0.29, 0.717) is 5.69 Å². The summed E-state index contributed by atoms with van der Waals surface area (Å²) in [5.74, 6) is 0. The molecule has 0 saturated carbocycles. The first-order valence-electron chi connectivity index (χ1n) is 7.71. The van der Waals surface area contributed by atoms with Crippen molar-refractivity contribution in [1.29, 1.82) is 0 Å². The number of nitrogens with one attached hydrogen (secondary N) is 1. The summed E-state index contributed by atoms with van der Waals surface area (Å²) in [5.41, 5.74) is 7.09. The van der Waals surface area contributed by atoms with E-state index in [4.69, 9.17) is 0 Å². The van der Waals surface area contributed by atoms with E-state index < -0.39 is 4.92 Å². The number of benzene rings is 2. The Balaban J connectivity index is 1.82. The molecule has 0 spiro atoms. The second-order valence-electron chi connectivity index (χ2n) is 5.51. The number of aryl methyl sites for hydroxylation is 1. The molecule has 0 unspecified atom stereocenters. The third kappa shape index (κ3) is 3.55. The zero-order valence-corrected chi connectivity index (χ0v) is 13.9. The Kier molecular flexibility index (Phi) is 4.56. The minimum Gasteiger partial charge on any atom is -0.278 e. The Labute approximate surface area is 144 Å². The van der Waals surface area contributed by atoms with Crippen LogP contribution < -0.4 is 5.43 Å². The summed E-state index contributed by atoms with van der Waals surface area (Å²) in [5, 5.41) is 19.5. The second-order valence-corrected chi connectivity index (χ2v) is 5.51. The molecule has 1 aromatic heterocycles. The molecule has 1 heterocycles. The summed E-state index contributed by atoms with van der Waals surface area (Å²) in [7, 11) is 0. The third-order valence-electron chi connectivity index (χ3n) is 3.79. The number of hydrogen-bond donors (Lipinski definition) is 1. The average molecular weight is 335 g/mol. The van der Waals surface area contributed by atoms with Crippen LogP contribution in [0.15, 0.2) is 59.7 Å². The predicted octanol–water partition coefficient (Wildman–Crippen LogP) is 3.84. The highest BCUT2D eigenvalue weighted by Gasteiger charge is 2.11. The number of hydrogen-bond acceptors (Lipinski definition) is 5. The molecule has 7 nitrogen and oxygen atoms in total. The van der Waals surface area contributed by atoms with Gasteiger partial charge in [0.15, 0.2) is 0 Å². The van der Waals surface area contributed by atoms with Crippen LogP contribution in [0.3, 0.4) is 0 Å². The fourth-order valence-corrected chi connectivity index (χ4v) is 2.52. The maximum atomic E-state index is 10.8. The molecule has 2 aromatic carbocycles. The summed E-state index contributed by atoms with van der Waals surface area (Å²) in [6, 6.07) is 16.1. The summed E-state index contributed by atoms with van der Waals surface area (Å²) < 4.78 is 1.87. The van der Waals surface area contributed by atoms with Gasteiger partial charge in [0.05, 0.1) is 33.9 Å². The van der Waals surface area contributed by atoms with Crippen LogP contribution in [0.4, 0.5) is 11.4 Å². The number of hydrazone groups is 1. The normalized spacial score (nSPS) is 11.0. The fraction of sp³-hybridized carbons (Fsp3) is 0.111. The number of rotatable bonds is 5. The van der Waals surface area contributed by atoms with Crippen LogP contribution >= 0.6 is 0 Å². The average Bonchev–Trinajstić information content (AvgIpc) is 2.91. The Bertz CT molecular complexity index is 932. The summed E-state index contributed by atoms with van der Waals surface area (Å²) in [4.78, 5) is 10.4. The molecule has 0 bridgehead atoms. The van der Waals surface area contributed by atoms with Gasteiger partial charge in [-0.1, -0.05) is 24.3 Å². The Morgan fingerprint density at radius 3 is 2.64 bits per heavy atom. The maximum absolute atomic E-state index is 10.8. The molecule has 0 radical (unpaired) electrons. The van der Waals surface area contributed by atoms with E-state index in [9.17, 15) is 10.1 Å². The van der Waals surface area contributed by atoms with Gasteiger partial charge in [-0.2, -0.15) is 10.2 Å². The standard InChI is InChI=1S/C18H17N5O2/c1-13-18(14(2)22(21-13)16-8-4-3-5-9-16)12-19-20-15-7-6-10-17(11-15)23(24)25/h3-12,20H,1-2H3/b19-12-. The molecule has 0 saturated heterocycles. The van der Waals surface area contributed by atoms with Gasteiger partial charge in [-0.05, 0) is 32.0 Å². The monoisotopic (exact) mass is 335 g/mol. The van der Waals surface area contributed by atoms with Crippen molar-refractivity contribution in [3.8, 4) is 5.69 Å². The molecule has 3 rings (SSSR count). The lowest BCUT2D eigenvalue weighted by Gasteiger charge is -2.03. The van der Waals surface area contributed by atoms with Crippen molar-refractivity contribution in [1.82, 2.24) is 9.78 Å². The van der Waals surface area contributed by atoms with Gasteiger partial charge in [-0.15, -0.1) is 0 Å². The number of para-hydroxylation sites is 1. The molecule has 7 heteroatoms. The number of nitro groups is 1. The van der Waals surface area contributed by atoms with Crippen molar-refractivity contribution in [2.45, 2.75) is 13.8 Å². The van der Waals surface area contributed by atoms with E-state index in [1.165, 1.54) is 12.1 Å². The maximum Gasteiger partial charge on any atom is 0.271 e. The van der Waals surface area contributed by atoms with Gasteiger partial charge in [-0.3, -0.25) is 15.5 Å². The molecule has 0 aliphatic heterocycles. The van der Waals surface area contributed by atoms with Crippen molar-refractivity contribution in [3.05, 3.63) is 81.7 Å². The highest BCUT2D eigenvalue weighted by molar-refractivity contribution is 5.83. The minimum absolute atomic E-state index is 0.0180. The molecule has 3 aromatic rings. The first-order chi connectivity index (χ1) is 12.1. The van der Waals surface area contributed by atoms with Gasteiger partial charge >= 0.3 is 0 Å². The van der Waals surface area contributed by atoms with E-state index in [0.717, 1.165) is 22.6 Å². The van der Waals surface area contributed by atoms with Gasteiger partial charge in [0.1, 0.15) is 0 Å². The topological polar surface area (TPSA) is 85.3 Å². The molecule has 0 aliphatic rings. The van der Waals surface area contributed by atoms with Crippen LogP contribution in [0.2, 0.25) is 0 Å². The van der Waals surface area contributed by atoms with Gasteiger partial charge in [0.25, 0.3) is 5.69 Å². The second kappa shape index (κ2) is 6.96. The van der Waals surface area contributed by atoms with Crippen molar-refractivity contribution in [3.63, 3.8) is 0 Å². The van der Waals surface area contributed by atoms with Crippen LogP contribution in [0.25, 0.3) is 5.69 Å². The van der Waals surface area contributed by atoms with Crippen molar-refractivity contribution in [2.24, 2.45) is 5.10 Å². The highest BCUT2D eigenvalue weighted by Crippen LogP contribution is 2.18. The van der Waals surface area contributed by atoms with E-state index >= 15 is 0 Å².